The first-order valence-corrected chi connectivity index (χ1v) is 9.92. The number of halogens is 5. The average Bonchev–Trinajstić information content (AvgIpc) is 2.99. The van der Waals surface area contributed by atoms with Gasteiger partial charge in [-0.2, -0.15) is 17.6 Å². The third kappa shape index (κ3) is 4.49. The molecule has 31 heavy (non-hydrogen) atoms. The van der Waals surface area contributed by atoms with Gasteiger partial charge in [-0.15, -0.1) is 0 Å². The molecule has 1 amide bonds. The zero-order valence-electron chi connectivity index (χ0n) is 17.2. The van der Waals surface area contributed by atoms with Gasteiger partial charge in [-0.1, -0.05) is 13.0 Å². The molecule has 0 aromatic heterocycles. The highest BCUT2D eigenvalue weighted by atomic mass is 19.4. The smallest absolute Gasteiger partial charge is 0.417 e. The molecule has 2 aliphatic rings. The molecule has 0 aliphatic carbocycles. The van der Waals surface area contributed by atoms with Gasteiger partial charge in [0.25, 0.3) is 0 Å². The quantitative estimate of drug-likeness (QED) is 0.672. The zero-order chi connectivity index (χ0) is 23.0. The summed E-state index contributed by atoms with van der Waals surface area (Å²) < 4.78 is 85.6. The summed E-state index contributed by atoms with van der Waals surface area (Å²) in [7, 11) is 0. The van der Waals surface area contributed by atoms with Gasteiger partial charge in [-0.05, 0) is 13.0 Å². The van der Waals surface area contributed by atoms with Crippen LogP contribution < -0.4 is 10.5 Å². The van der Waals surface area contributed by atoms with Crippen LogP contribution in [0.3, 0.4) is 0 Å². The lowest BCUT2D eigenvalue weighted by atomic mass is 9.77. The number of nitrogens with two attached hydrogens (primary N) is 1. The number of morpholine rings is 1. The number of carbonyl (C=O) groups excluding carboxylic acids is 1. The number of carbonyl (C=O) groups is 1. The second kappa shape index (κ2) is 8.87. The molecule has 6 nitrogen and oxygen atoms in total. The van der Waals surface area contributed by atoms with Crippen LogP contribution in [0, 0.1) is 17.6 Å². The van der Waals surface area contributed by atoms with Gasteiger partial charge in [-0.3, -0.25) is 9.69 Å². The SMILES string of the molecule is CC1C(c2ccc(F)c(F)c2OCCN2CCOCC2)C(C(N)=O)OC1(C)C(F)(F)F. The standard InChI is InChI=1S/C20H25F5N2O4/c1-11-14(17(18(26)28)31-19(11,2)20(23,24)25)12-3-4-13(21)15(22)16(12)30-10-7-27-5-8-29-9-6-27/h3-4,11,14,17H,5-10H2,1-2H3,(H2,26,28). The van der Waals surface area contributed by atoms with Crippen molar-refractivity contribution in [2.75, 3.05) is 39.5 Å². The maximum Gasteiger partial charge on any atom is 0.417 e. The molecule has 2 heterocycles. The van der Waals surface area contributed by atoms with Crippen LogP contribution in [-0.4, -0.2) is 68.1 Å². The summed E-state index contributed by atoms with van der Waals surface area (Å²) in [6.45, 7) is 4.75. The molecule has 3 rings (SSSR count). The molecule has 174 valence electrons. The zero-order valence-corrected chi connectivity index (χ0v) is 17.2. The van der Waals surface area contributed by atoms with E-state index in [9.17, 15) is 26.7 Å². The van der Waals surface area contributed by atoms with Crippen molar-refractivity contribution < 1.29 is 41.0 Å². The van der Waals surface area contributed by atoms with Crippen molar-refractivity contribution in [2.45, 2.75) is 37.6 Å². The van der Waals surface area contributed by atoms with Crippen LogP contribution in [0.15, 0.2) is 12.1 Å². The van der Waals surface area contributed by atoms with E-state index in [1.54, 1.807) is 0 Å². The van der Waals surface area contributed by atoms with E-state index < -0.39 is 53.0 Å². The summed E-state index contributed by atoms with van der Waals surface area (Å²) >= 11 is 0. The summed E-state index contributed by atoms with van der Waals surface area (Å²) in [6.07, 6.45) is -6.50. The second-order valence-corrected chi connectivity index (χ2v) is 7.94. The van der Waals surface area contributed by atoms with Crippen LogP contribution in [0.25, 0.3) is 0 Å². The van der Waals surface area contributed by atoms with Gasteiger partial charge in [0.1, 0.15) is 12.7 Å². The van der Waals surface area contributed by atoms with Gasteiger partial charge in [0.05, 0.1) is 13.2 Å². The largest absolute Gasteiger partial charge is 0.489 e. The lowest BCUT2D eigenvalue weighted by Crippen LogP contribution is -2.47. The fourth-order valence-corrected chi connectivity index (χ4v) is 4.10. The van der Waals surface area contributed by atoms with Crippen LogP contribution in [-0.2, 0) is 14.3 Å². The van der Waals surface area contributed by atoms with Gasteiger partial charge < -0.3 is 19.9 Å². The molecule has 2 aliphatic heterocycles. The first-order valence-electron chi connectivity index (χ1n) is 9.92. The first kappa shape index (κ1) is 23.7. The van der Waals surface area contributed by atoms with Crippen molar-refractivity contribution in [2.24, 2.45) is 11.7 Å². The first-order chi connectivity index (χ1) is 14.5. The maximum absolute atomic E-state index is 14.7. The Hall–Kier alpha value is -1.98. The molecule has 1 aromatic rings. The summed E-state index contributed by atoms with van der Waals surface area (Å²) in [5.74, 6) is -6.82. The normalized spacial score (nSPS) is 29.8. The van der Waals surface area contributed by atoms with Gasteiger partial charge in [0.2, 0.25) is 11.7 Å². The predicted octanol–water partition coefficient (Wildman–Crippen LogP) is 2.60. The fourth-order valence-electron chi connectivity index (χ4n) is 4.10. The number of benzene rings is 1. The molecule has 0 spiro atoms. The Kier molecular flexibility index (Phi) is 6.78. The van der Waals surface area contributed by atoms with E-state index in [-0.39, 0.29) is 12.2 Å². The van der Waals surface area contributed by atoms with Gasteiger partial charge >= 0.3 is 6.18 Å². The number of hydrogen-bond acceptors (Lipinski definition) is 5. The maximum atomic E-state index is 14.7. The highest BCUT2D eigenvalue weighted by Crippen LogP contribution is 2.54. The van der Waals surface area contributed by atoms with Crippen molar-refractivity contribution in [3.05, 3.63) is 29.3 Å². The Morgan fingerprint density at radius 2 is 1.94 bits per heavy atom. The minimum absolute atomic E-state index is 0.0346. The monoisotopic (exact) mass is 452 g/mol. The van der Waals surface area contributed by atoms with Crippen LogP contribution in [0.5, 0.6) is 5.75 Å². The topological polar surface area (TPSA) is 74.0 Å². The van der Waals surface area contributed by atoms with E-state index in [0.717, 1.165) is 19.1 Å². The molecular weight excluding hydrogens is 427 g/mol. The summed E-state index contributed by atoms with van der Waals surface area (Å²) in [6, 6.07) is 1.90. The minimum Gasteiger partial charge on any atom is -0.489 e. The van der Waals surface area contributed by atoms with E-state index in [4.69, 9.17) is 19.9 Å². The van der Waals surface area contributed by atoms with Crippen LogP contribution in [0.4, 0.5) is 22.0 Å². The molecular formula is C20H25F5N2O4. The molecule has 4 atom stereocenters. The number of alkyl halides is 3. The highest BCUT2D eigenvalue weighted by molar-refractivity contribution is 5.81. The molecule has 2 N–H and O–H groups in total. The van der Waals surface area contributed by atoms with Crippen molar-refractivity contribution in [3.63, 3.8) is 0 Å². The van der Waals surface area contributed by atoms with Gasteiger partial charge in [-0.25, -0.2) is 4.39 Å². The fraction of sp³-hybridized carbons (Fsp3) is 0.650. The molecule has 1 aromatic carbocycles. The molecule has 0 radical (unpaired) electrons. The molecule has 2 fully saturated rings. The average molecular weight is 452 g/mol. The number of nitrogens with zero attached hydrogens (tertiary/aromatic N) is 1. The second-order valence-electron chi connectivity index (χ2n) is 7.94. The van der Waals surface area contributed by atoms with Crippen molar-refractivity contribution >= 4 is 5.91 Å². The van der Waals surface area contributed by atoms with E-state index in [1.165, 1.54) is 6.92 Å². The highest BCUT2D eigenvalue weighted by Gasteiger charge is 2.65. The third-order valence-electron chi connectivity index (χ3n) is 6.15. The Morgan fingerprint density at radius 1 is 1.29 bits per heavy atom. The molecule has 0 bridgehead atoms. The lowest BCUT2D eigenvalue weighted by Gasteiger charge is -2.32. The molecule has 4 unspecified atom stereocenters. The lowest BCUT2D eigenvalue weighted by molar-refractivity contribution is -0.272. The number of amides is 1. The van der Waals surface area contributed by atoms with E-state index in [2.05, 4.69) is 0 Å². The van der Waals surface area contributed by atoms with E-state index >= 15 is 0 Å². The van der Waals surface area contributed by atoms with Crippen molar-refractivity contribution in [1.29, 1.82) is 0 Å². The van der Waals surface area contributed by atoms with Crippen LogP contribution in [0.2, 0.25) is 0 Å². The summed E-state index contributed by atoms with van der Waals surface area (Å²) in [4.78, 5) is 13.9. The third-order valence-corrected chi connectivity index (χ3v) is 6.15. The van der Waals surface area contributed by atoms with E-state index in [0.29, 0.717) is 32.8 Å². The van der Waals surface area contributed by atoms with Crippen molar-refractivity contribution in [1.82, 2.24) is 4.90 Å². The van der Waals surface area contributed by atoms with Gasteiger partial charge in [0, 0.05) is 37.0 Å². The molecule has 0 saturated carbocycles. The number of hydrogen-bond donors (Lipinski definition) is 1. The number of primary amides is 1. The van der Waals surface area contributed by atoms with Crippen LogP contribution in [0.1, 0.15) is 25.3 Å². The van der Waals surface area contributed by atoms with Gasteiger partial charge in [0.15, 0.2) is 17.2 Å². The predicted molar refractivity (Wildman–Crippen MR) is 99.5 cm³/mol. The molecule has 11 heteroatoms. The molecule has 2 saturated heterocycles. The number of ether oxygens (including phenoxy) is 3. The number of rotatable bonds is 6. The van der Waals surface area contributed by atoms with Crippen molar-refractivity contribution in [3.8, 4) is 5.75 Å². The Bertz CT molecular complexity index is 815. The Balaban J connectivity index is 1.92. The summed E-state index contributed by atoms with van der Waals surface area (Å²) in [5, 5.41) is 0. The van der Waals surface area contributed by atoms with E-state index in [1.807, 2.05) is 4.90 Å². The van der Waals surface area contributed by atoms with Crippen LogP contribution >= 0.6 is 0 Å². The minimum atomic E-state index is -4.81. The Labute approximate surface area is 176 Å². The summed E-state index contributed by atoms with van der Waals surface area (Å²) in [5.41, 5.74) is 2.52. The Morgan fingerprint density at radius 3 is 2.52 bits per heavy atom.